The molecule has 0 aromatic heterocycles. The van der Waals surface area contributed by atoms with Gasteiger partial charge in [0.05, 0.1) is 11.5 Å². The number of hydrogen-bond acceptors (Lipinski definition) is 4. The maximum absolute atomic E-state index is 11.4. The van der Waals surface area contributed by atoms with Gasteiger partial charge in [0, 0.05) is 12.8 Å². The second kappa shape index (κ2) is 23.6. The van der Waals surface area contributed by atoms with Crippen molar-refractivity contribution in [1.29, 1.82) is 0 Å². The number of nitrogens with zero attached hydrogens (tertiary/aromatic N) is 1. The number of allylic oxidation sites excluding steroid dienone is 2. The Morgan fingerprint density at radius 2 is 1.36 bits per heavy atom. The number of carbonyl (C=O) groups is 1. The number of carbonyl (C=O) groups excluding carboxylic acids is 1. The maximum atomic E-state index is 11.4. The van der Waals surface area contributed by atoms with Crippen molar-refractivity contribution >= 4 is 5.97 Å². The van der Waals surface area contributed by atoms with Gasteiger partial charge >= 0.3 is 5.97 Å². The van der Waals surface area contributed by atoms with Gasteiger partial charge in [0.1, 0.15) is 0 Å². The molecule has 166 valence electrons. The van der Waals surface area contributed by atoms with Gasteiger partial charge in [-0.15, -0.1) is 0 Å². The molecule has 0 aliphatic carbocycles. The highest BCUT2D eigenvalue weighted by atomic mass is 16.6. The lowest BCUT2D eigenvalue weighted by Crippen LogP contribution is -2.05. The first-order chi connectivity index (χ1) is 13.5. The van der Waals surface area contributed by atoms with E-state index in [4.69, 9.17) is 4.74 Å². The molecule has 0 aromatic rings. The van der Waals surface area contributed by atoms with Crippen LogP contribution in [-0.2, 0) is 9.53 Å². The zero-order valence-corrected chi connectivity index (χ0v) is 19.0. The average Bonchev–Trinajstić information content (AvgIpc) is 2.67. The molecule has 0 atom stereocenters. The van der Waals surface area contributed by atoms with Gasteiger partial charge in [0.15, 0.2) is 0 Å². The molecule has 0 N–H and O–H groups in total. The maximum Gasteiger partial charge on any atom is 0.305 e. The summed E-state index contributed by atoms with van der Waals surface area (Å²) < 4.78 is 5.10. The molecular formula is C23H45NO4. The summed E-state index contributed by atoms with van der Waals surface area (Å²) >= 11 is 0. The van der Waals surface area contributed by atoms with Crippen LogP contribution in [-0.4, -0.2) is 17.5 Å². The predicted octanol–water partition coefficient (Wildman–Crippen LogP) is 7.61. The fourth-order valence-corrected chi connectivity index (χ4v) is 2.59. The van der Waals surface area contributed by atoms with Gasteiger partial charge in [0.2, 0.25) is 5.70 Å². The minimum absolute atomic E-state index is 0.0899. The van der Waals surface area contributed by atoms with E-state index in [1.807, 2.05) is 6.92 Å². The van der Waals surface area contributed by atoms with E-state index in [9.17, 15) is 14.9 Å². The van der Waals surface area contributed by atoms with Gasteiger partial charge in [-0.2, -0.15) is 0 Å². The fourth-order valence-electron chi connectivity index (χ4n) is 2.59. The third kappa shape index (κ3) is 22.7. The summed E-state index contributed by atoms with van der Waals surface area (Å²) in [5.74, 6) is -0.0899. The Labute approximate surface area is 173 Å². The van der Waals surface area contributed by atoms with Crippen LogP contribution in [0.25, 0.3) is 0 Å². The number of unbranched alkanes of at least 4 members (excludes halogenated alkanes) is 9. The van der Waals surface area contributed by atoms with Crippen LogP contribution in [0.2, 0.25) is 0 Å². The number of rotatable bonds is 17. The molecule has 5 heteroatoms. The second-order valence-electron chi connectivity index (χ2n) is 7.29. The SMILES string of the molecule is CCCCC.CCCCOC(=O)CCCCCCC/C=C(\CCCC)[N+](=O)[O-]. The van der Waals surface area contributed by atoms with E-state index in [0.29, 0.717) is 25.1 Å². The van der Waals surface area contributed by atoms with E-state index >= 15 is 0 Å². The lowest BCUT2D eigenvalue weighted by Gasteiger charge is -2.03. The van der Waals surface area contributed by atoms with Gasteiger partial charge in [0.25, 0.3) is 0 Å². The topological polar surface area (TPSA) is 69.4 Å². The van der Waals surface area contributed by atoms with E-state index in [1.165, 1.54) is 19.3 Å². The largest absolute Gasteiger partial charge is 0.466 e. The van der Waals surface area contributed by atoms with Crippen molar-refractivity contribution in [3.05, 3.63) is 21.9 Å². The molecular weight excluding hydrogens is 354 g/mol. The van der Waals surface area contributed by atoms with Crippen LogP contribution in [0.1, 0.15) is 124 Å². The summed E-state index contributed by atoms with van der Waals surface area (Å²) in [6.45, 7) is 9.07. The fraction of sp³-hybridized carbons (Fsp3) is 0.870. The molecule has 0 aliphatic rings. The number of nitro groups is 1. The van der Waals surface area contributed by atoms with E-state index < -0.39 is 0 Å². The Kier molecular flexibility index (Phi) is 24.3. The van der Waals surface area contributed by atoms with Gasteiger partial charge in [-0.05, 0) is 38.2 Å². The highest BCUT2D eigenvalue weighted by Crippen LogP contribution is 2.12. The Morgan fingerprint density at radius 1 is 0.786 bits per heavy atom. The molecule has 0 rings (SSSR count). The van der Waals surface area contributed by atoms with Gasteiger partial charge < -0.3 is 4.74 Å². The van der Waals surface area contributed by atoms with Crippen molar-refractivity contribution in [2.75, 3.05) is 6.61 Å². The van der Waals surface area contributed by atoms with Crippen LogP contribution in [0.15, 0.2) is 11.8 Å². The van der Waals surface area contributed by atoms with Crippen molar-refractivity contribution in [2.24, 2.45) is 0 Å². The lowest BCUT2D eigenvalue weighted by atomic mass is 10.1. The van der Waals surface area contributed by atoms with Crippen molar-refractivity contribution in [3.63, 3.8) is 0 Å². The van der Waals surface area contributed by atoms with E-state index in [2.05, 4.69) is 20.8 Å². The Morgan fingerprint density at radius 3 is 1.89 bits per heavy atom. The zero-order chi connectivity index (χ0) is 21.5. The molecule has 28 heavy (non-hydrogen) atoms. The molecule has 0 unspecified atom stereocenters. The molecule has 0 aliphatic heterocycles. The Balaban J connectivity index is 0. The summed E-state index contributed by atoms with van der Waals surface area (Å²) in [7, 11) is 0. The molecule has 0 saturated heterocycles. The van der Waals surface area contributed by atoms with Crippen molar-refractivity contribution < 1.29 is 14.5 Å². The molecule has 0 fully saturated rings. The molecule has 5 nitrogen and oxygen atoms in total. The predicted molar refractivity (Wildman–Crippen MR) is 118 cm³/mol. The van der Waals surface area contributed by atoms with Gasteiger partial charge in [-0.25, -0.2) is 0 Å². The van der Waals surface area contributed by atoms with Gasteiger partial charge in [-0.1, -0.05) is 79.1 Å². The monoisotopic (exact) mass is 399 g/mol. The number of esters is 1. The van der Waals surface area contributed by atoms with Crippen molar-refractivity contribution in [1.82, 2.24) is 0 Å². The smallest absolute Gasteiger partial charge is 0.305 e. The third-order valence-electron chi connectivity index (χ3n) is 4.45. The molecule has 0 spiro atoms. The highest BCUT2D eigenvalue weighted by Gasteiger charge is 2.08. The first-order valence-corrected chi connectivity index (χ1v) is 11.5. The second-order valence-corrected chi connectivity index (χ2v) is 7.29. The summed E-state index contributed by atoms with van der Waals surface area (Å²) in [5.41, 5.74) is 0.363. The number of hydrogen-bond donors (Lipinski definition) is 0. The normalized spacial score (nSPS) is 10.9. The standard InChI is InChI=1S/C18H33NO4.C5H12/c1-3-5-13-17(19(21)22)14-11-9-7-8-10-12-15-18(20)23-16-6-4-2;1-3-5-4-2/h14H,3-13,15-16H2,1-2H3;3-5H2,1-2H3/b17-14+;. The van der Waals surface area contributed by atoms with Crippen LogP contribution in [0.4, 0.5) is 0 Å². The molecule has 0 amide bonds. The molecule has 0 bridgehead atoms. The Bertz CT molecular complexity index is 392. The summed E-state index contributed by atoms with van der Waals surface area (Å²) in [5, 5.41) is 10.9. The summed E-state index contributed by atoms with van der Waals surface area (Å²) in [4.78, 5) is 22.0. The zero-order valence-electron chi connectivity index (χ0n) is 19.0. The van der Waals surface area contributed by atoms with E-state index in [1.54, 1.807) is 6.08 Å². The molecule has 0 heterocycles. The summed E-state index contributed by atoms with van der Waals surface area (Å²) in [6, 6.07) is 0. The minimum Gasteiger partial charge on any atom is -0.466 e. The molecule has 0 saturated carbocycles. The number of ether oxygens (including phenoxy) is 1. The van der Waals surface area contributed by atoms with Crippen LogP contribution < -0.4 is 0 Å². The van der Waals surface area contributed by atoms with E-state index in [0.717, 1.165) is 64.2 Å². The highest BCUT2D eigenvalue weighted by molar-refractivity contribution is 5.69. The first-order valence-electron chi connectivity index (χ1n) is 11.5. The van der Waals surface area contributed by atoms with Crippen LogP contribution in [0, 0.1) is 10.1 Å². The van der Waals surface area contributed by atoms with Gasteiger partial charge in [-0.3, -0.25) is 14.9 Å². The average molecular weight is 400 g/mol. The van der Waals surface area contributed by atoms with Crippen LogP contribution in [0.5, 0.6) is 0 Å². The Hall–Kier alpha value is -1.39. The molecule has 0 radical (unpaired) electrons. The summed E-state index contributed by atoms with van der Waals surface area (Å²) in [6.07, 6.45) is 16.5. The lowest BCUT2D eigenvalue weighted by molar-refractivity contribution is -0.428. The quantitative estimate of drug-likeness (QED) is 0.109. The first kappa shape index (κ1) is 28.8. The minimum atomic E-state index is -0.250. The van der Waals surface area contributed by atoms with E-state index in [-0.39, 0.29) is 10.9 Å². The van der Waals surface area contributed by atoms with Crippen LogP contribution >= 0.6 is 0 Å². The molecule has 0 aromatic carbocycles. The van der Waals surface area contributed by atoms with Crippen molar-refractivity contribution in [3.8, 4) is 0 Å². The van der Waals surface area contributed by atoms with Crippen LogP contribution in [0.3, 0.4) is 0 Å². The van der Waals surface area contributed by atoms with Crippen molar-refractivity contribution in [2.45, 2.75) is 124 Å². The third-order valence-corrected chi connectivity index (χ3v) is 4.45.